The molecule has 3 rings (SSSR count). The molecule has 1 unspecified atom stereocenters. The van der Waals surface area contributed by atoms with Gasteiger partial charge in [-0.05, 0) is 42.8 Å². The van der Waals surface area contributed by atoms with Crippen LogP contribution in [0.4, 0.5) is 4.79 Å². The number of alkyl carbamates (subject to hydrolysis) is 1. The quantitative estimate of drug-likeness (QED) is 0.479. The SMILES string of the molecule is CN(C)CCC(NC(=O)/C=C/CNC(=O)OCC1c2ccccc2-c2ccccc21)C(=O)O. The first-order valence-corrected chi connectivity index (χ1v) is 10.8. The molecule has 0 aromatic heterocycles. The van der Waals surface area contributed by atoms with Crippen molar-refractivity contribution in [1.82, 2.24) is 15.5 Å². The average molecular weight is 452 g/mol. The van der Waals surface area contributed by atoms with Crippen molar-refractivity contribution in [2.75, 3.05) is 33.8 Å². The number of ether oxygens (including phenoxy) is 1. The number of rotatable bonds is 10. The van der Waals surface area contributed by atoms with Crippen molar-refractivity contribution >= 4 is 18.0 Å². The summed E-state index contributed by atoms with van der Waals surface area (Å²) in [6.45, 7) is 0.820. The largest absolute Gasteiger partial charge is 0.480 e. The maximum atomic E-state index is 12.1. The lowest BCUT2D eigenvalue weighted by Gasteiger charge is -2.16. The molecule has 8 heteroatoms. The molecule has 2 aromatic carbocycles. The van der Waals surface area contributed by atoms with Crippen LogP contribution in [0.25, 0.3) is 11.1 Å². The molecule has 2 aromatic rings. The van der Waals surface area contributed by atoms with Gasteiger partial charge in [-0.15, -0.1) is 0 Å². The summed E-state index contributed by atoms with van der Waals surface area (Å²) in [7, 11) is 3.66. The molecular formula is C25H29N3O5. The predicted molar refractivity (Wildman–Crippen MR) is 125 cm³/mol. The van der Waals surface area contributed by atoms with Crippen molar-refractivity contribution in [3.8, 4) is 11.1 Å². The molecule has 1 atom stereocenters. The van der Waals surface area contributed by atoms with Crippen LogP contribution >= 0.6 is 0 Å². The van der Waals surface area contributed by atoms with Crippen molar-refractivity contribution in [2.24, 2.45) is 0 Å². The molecule has 174 valence electrons. The molecule has 0 spiro atoms. The number of hydrogen-bond acceptors (Lipinski definition) is 5. The highest BCUT2D eigenvalue weighted by atomic mass is 16.5. The van der Waals surface area contributed by atoms with Crippen molar-refractivity contribution in [3.05, 3.63) is 71.8 Å². The number of nitrogens with zero attached hydrogens (tertiary/aromatic N) is 1. The van der Waals surface area contributed by atoms with Gasteiger partial charge in [-0.2, -0.15) is 0 Å². The number of benzene rings is 2. The monoisotopic (exact) mass is 451 g/mol. The maximum absolute atomic E-state index is 12.1. The van der Waals surface area contributed by atoms with Gasteiger partial charge in [0, 0.05) is 25.1 Å². The summed E-state index contributed by atoms with van der Waals surface area (Å²) in [5.41, 5.74) is 4.57. The van der Waals surface area contributed by atoms with Crippen molar-refractivity contribution in [1.29, 1.82) is 0 Å². The molecule has 1 aliphatic rings. The zero-order valence-corrected chi connectivity index (χ0v) is 18.8. The van der Waals surface area contributed by atoms with Crippen LogP contribution in [0.1, 0.15) is 23.5 Å². The van der Waals surface area contributed by atoms with Crippen LogP contribution in [0.5, 0.6) is 0 Å². The van der Waals surface area contributed by atoms with Gasteiger partial charge in [0.1, 0.15) is 12.6 Å². The second-order valence-electron chi connectivity index (χ2n) is 8.10. The Kier molecular flexibility index (Phi) is 8.21. The Morgan fingerprint density at radius 3 is 2.24 bits per heavy atom. The van der Waals surface area contributed by atoms with Gasteiger partial charge in [-0.3, -0.25) is 4.79 Å². The Hall–Kier alpha value is -3.65. The van der Waals surface area contributed by atoms with Crippen LogP contribution in [0.2, 0.25) is 0 Å². The highest BCUT2D eigenvalue weighted by Crippen LogP contribution is 2.44. The number of carbonyl (C=O) groups excluding carboxylic acids is 2. The van der Waals surface area contributed by atoms with Gasteiger partial charge >= 0.3 is 12.1 Å². The molecule has 0 heterocycles. The van der Waals surface area contributed by atoms with E-state index in [1.54, 1.807) is 0 Å². The van der Waals surface area contributed by atoms with Crippen LogP contribution in [0.15, 0.2) is 60.7 Å². The van der Waals surface area contributed by atoms with Crippen LogP contribution < -0.4 is 10.6 Å². The molecule has 0 saturated carbocycles. The van der Waals surface area contributed by atoms with E-state index >= 15 is 0 Å². The van der Waals surface area contributed by atoms with E-state index < -0.39 is 24.0 Å². The minimum Gasteiger partial charge on any atom is -0.480 e. The van der Waals surface area contributed by atoms with Gasteiger partial charge in [0.25, 0.3) is 0 Å². The molecule has 0 radical (unpaired) electrons. The Bertz CT molecular complexity index is 989. The first kappa shape index (κ1) is 24.0. The number of nitrogens with one attached hydrogen (secondary N) is 2. The van der Waals surface area contributed by atoms with Gasteiger partial charge in [0.05, 0.1) is 0 Å². The summed E-state index contributed by atoms with van der Waals surface area (Å²) in [6.07, 6.45) is 2.35. The number of carboxylic acids is 1. The lowest BCUT2D eigenvalue weighted by atomic mass is 9.98. The van der Waals surface area contributed by atoms with Crippen molar-refractivity contribution in [3.63, 3.8) is 0 Å². The van der Waals surface area contributed by atoms with Crippen LogP contribution in [0.3, 0.4) is 0 Å². The van der Waals surface area contributed by atoms with E-state index in [2.05, 4.69) is 22.8 Å². The van der Waals surface area contributed by atoms with Crippen LogP contribution in [-0.2, 0) is 14.3 Å². The van der Waals surface area contributed by atoms with E-state index in [0.717, 1.165) is 22.3 Å². The topological polar surface area (TPSA) is 108 Å². The van der Waals surface area contributed by atoms with Crippen molar-refractivity contribution < 1.29 is 24.2 Å². The molecule has 0 bridgehead atoms. The van der Waals surface area contributed by atoms with Gasteiger partial charge in [-0.1, -0.05) is 54.6 Å². The molecule has 3 N–H and O–H groups in total. The Balaban J connectivity index is 1.45. The summed E-state index contributed by atoms with van der Waals surface area (Å²) < 4.78 is 5.43. The molecule has 0 saturated heterocycles. The highest BCUT2D eigenvalue weighted by molar-refractivity contribution is 5.91. The second-order valence-corrected chi connectivity index (χ2v) is 8.10. The molecule has 8 nitrogen and oxygen atoms in total. The third-order valence-electron chi connectivity index (χ3n) is 5.46. The standard InChI is InChI=1S/C25H29N3O5/c1-28(2)15-13-22(24(30)31)27-23(29)12-7-14-26-25(32)33-16-21-19-10-5-3-8-17(19)18-9-4-6-11-20(18)21/h3-12,21-22H,13-16H2,1-2H3,(H,26,32)(H,27,29)(H,30,31)/b12-7+. The Labute approximate surface area is 193 Å². The highest BCUT2D eigenvalue weighted by Gasteiger charge is 2.28. The van der Waals surface area contributed by atoms with E-state index in [-0.39, 0.29) is 19.1 Å². The molecule has 2 amide bonds. The fourth-order valence-electron chi connectivity index (χ4n) is 3.82. The first-order chi connectivity index (χ1) is 15.9. The fraction of sp³-hybridized carbons (Fsp3) is 0.320. The van der Waals surface area contributed by atoms with Crippen LogP contribution in [-0.4, -0.2) is 67.8 Å². The third-order valence-corrected chi connectivity index (χ3v) is 5.46. The third kappa shape index (κ3) is 6.43. The molecule has 1 aliphatic carbocycles. The van der Waals surface area contributed by atoms with E-state index in [1.807, 2.05) is 55.4 Å². The smallest absolute Gasteiger partial charge is 0.407 e. The lowest BCUT2D eigenvalue weighted by Crippen LogP contribution is -2.41. The van der Waals surface area contributed by atoms with E-state index in [9.17, 15) is 19.5 Å². The van der Waals surface area contributed by atoms with Gasteiger partial charge < -0.3 is 25.4 Å². The summed E-state index contributed by atoms with van der Waals surface area (Å²) >= 11 is 0. The zero-order valence-electron chi connectivity index (χ0n) is 18.8. The number of amides is 2. The van der Waals surface area contributed by atoms with Gasteiger partial charge in [-0.25, -0.2) is 9.59 Å². The van der Waals surface area contributed by atoms with E-state index in [0.29, 0.717) is 13.0 Å². The number of hydrogen-bond donors (Lipinski definition) is 3. The molecule has 0 fully saturated rings. The minimum absolute atomic E-state index is 0.0282. The maximum Gasteiger partial charge on any atom is 0.407 e. The average Bonchev–Trinajstić information content (AvgIpc) is 3.11. The number of carboxylic acid groups (broad SMARTS) is 1. The Morgan fingerprint density at radius 2 is 1.67 bits per heavy atom. The summed E-state index contributed by atoms with van der Waals surface area (Å²) in [6, 6.07) is 15.2. The minimum atomic E-state index is -1.09. The van der Waals surface area contributed by atoms with Crippen LogP contribution in [0, 0.1) is 0 Å². The van der Waals surface area contributed by atoms with Gasteiger partial charge in [0.2, 0.25) is 5.91 Å². The van der Waals surface area contributed by atoms with Crippen molar-refractivity contribution in [2.45, 2.75) is 18.4 Å². The van der Waals surface area contributed by atoms with Gasteiger partial charge in [0.15, 0.2) is 0 Å². The van der Waals surface area contributed by atoms with E-state index in [1.165, 1.54) is 12.2 Å². The predicted octanol–water partition coefficient (Wildman–Crippen LogP) is 2.60. The van der Waals surface area contributed by atoms with E-state index in [4.69, 9.17) is 4.74 Å². The number of fused-ring (bicyclic) bond motifs is 3. The fourth-order valence-corrected chi connectivity index (χ4v) is 3.82. The second kappa shape index (κ2) is 11.3. The first-order valence-electron chi connectivity index (χ1n) is 10.8. The molecule has 33 heavy (non-hydrogen) atoms. The molecular weight excluding hydrogens is 422 g/mol. The zero-order chi connectivity index (χ0) is 23.8. The summed E-state index contributed by atoms with van der Waals surface area (Å²) in [4.78, 5) is 37.2. The number of aliphatic carboxylic acids is 1. The molecule has 0 aliphatic heterocycles. The normalized spacial score (nSPS) is 13.4. The number of carbonyl (C=O) groups is 3. The summed E-state index contributed by atoms with van der Waals surface area (Å²) in [5, 5.41) is 14.2. The summed E-state index contributed by atoms with van der Waals surface area (Å²) in [5.74, 6) is -1.65. The Morgan fingerprint density at radius 1 is 1.06 bits per heavy atom. The lowest BCUT2D eigenvalue weighted by molar-refractivity contribution is -0.141.